The van der Waals surface area contributed by atoms with Crippen LogP contribution in [0, 0.1) is 17.1 Å². The van der Waals surface area contributed by atoms with Gasteiger partial charge in [0.1, 0.15) is 6.61 Å². The molecule has 0 radical (unpaired) electrons. The number of fused-ring (bicyclic) bond motifs is 1. The molecule has 0 aliphatic carbocycles. The van der Waals surface area contributed by atoms with E-state index in [2.05, 4.69) is 4.98 Å². The van der Waals surface area contributed by atoms with E-state index < -0.39 is 23.5 Å². The Morgan fingerprint density at radius 2 is 2.04 bits per heavy atom. The molecule has 2 aromatic rings. The number of imide groups is 1. The summed E-state index contributed by atoms with van der Waals surface area (Å²) in [6, 6.07) is 10.7. The van der Waals surface area contributed by atoms with Crippen molar-refractivity contribution in [3.05, 3.63) is 59.0 Å². The molecule has 0 bridgehead atoms. The molecule has 0 saturated heterocycles. The second-order valence-corrected chi connectivity index (χ2v) is 4.86. The molecule has 1 aliphatic heterocycles. The molecule has 6 nitrogen and oxygen atoms in total. The number of benzene rings is 1. The average molecular weight is 311 g/mol. The molecule has 2 heterocycles. The van der Waals surface area contributed by atoms with E-state index >= 15 is 0 Å². The zero-order valence-electron chi connectivity index (χ0n) is 11.7. The second-order valence-electron chi connectivity index (χ2n) is 4.86. The average Bonchev–Trinajstić information content (AvgIpc) is 2.56. The van der Waals surface area contributed by atoms with Gasteiger partial charge in [0.2, 0.25) is 5.91 Å². The standard InChI is InChI=1S/C16H10FN3O3/c17-13-12-10(6-18)14(21)20-15(22)11(12)7-19-16(13)23-8-9-4-2-1-3-5-9/h1-5,7,10H,8H2,(H,20,21,22). The lowest BCUT2D eigenvalue weighted by molar-refractivity contribution is -0.120. The zero-order chi connectivity index (χ0) is 16.4. The fraction of sp³-hybridized carbons (Fsp3) is 0.125. The van der Waals surface area contributed by atoms with Crippen LogP contribution in [0.25, 0.3) is 0 Å². The number of amides is 2. The maximum Gasteiger partial charge on any atom is 0.259 e. The van der Waals surface area contributed by atoms with Gasteiger partial charge in [0.15, 0.2) is 11.7 Å². The summed E-state index contributed by atoms with van der Waals surface area (Å²) in [5, 5.41) is 11.1. The first-order valence-electron chi connectivity index (χ1n) is 6.71. The van der Waals surface area contributed by atoms with Crippen molar-refractivity contribution in [1.29, 1.82) is 5.26 Å². The molecule has 2 amide bonds. The normalized spacial score (nSPS) is 16.3. The first-order valence-corrected chi connectivity index (χ1v) is 6.71. The minimum atomic E-state index is -1.41. The van der Waals surface area contributed by atoms with Crippen molar-refractivity contribution in [3.63, 3.8) is 0 Å². The number of rotatable bonds is 3. The number of hydrogen-bond acceptors (Lipinski definition) is 5. The van der Waals surface area contributed by atoms with Crippen LogP contribution in [0.1, 0.15) is 27.4 Å². The number of nitriles is 1. The van der Waals surface area contributed by atoms with Crippen molar-refractivity contribution in [1.82, 2.24) is 10.3 Å². The quantitative estimate of drug-likeness (QED) is 0.871. The van der Waals surface area contributed by atoms with Gasteiger partial charge < -0.3 is 4.74 Å². The van der Waals surface area contributed by atoms with Gasteiger partial charge in [-0.05, 0) is 5.56 Å². The molecule has 1 aliphatic rings. The minimum Gasteiger partial charge on any atom is -0.471 e. The highest BCUT2D eigenvalue weighted by atomic mass is 19.1. The Morgan fingerprint density at radius 3 is 2.74 bits per heavy atom. The molecular formula is C16H10FN3O3. The monoisotopic (exact) mass is 311 g/mol. The van der Waals surface area contributed by atoms with Crippen molar-refractivity contribution in [2.24, 2.45) is 0 Å². The Kier molecular flexibility index (Phi) is 3.73. The predicted octanol–water partition coefficient (Wildman–Crippen LogP) is 1.68. The van der Waals surface area contributed by atoms with Crippen LogP contribution in [0.5, 0.6) is 5.88 Å². The summed E-state index contributed by atoms with van der Waals surface area (Å²) in [5.41, 5.74) is 0.372. The number of nitrogens with zero attached hydrogens (tertiary/aromatic N) is 2. The maximum absolute atomic E-state index is 14.6. The second kappa shape index (κ2) is 5.85. The molecule has 0 saturated carbocycles. The lowest BCUT2D eigenvalue weighted by Crippen LogP contribution is -2.40. The summed E-state index contributed by atoms with van der Waals surface area (Å²) in [4.78, 5) is 27.1. The molecule has 3 rings (SSSR count). The van der Waals surface area contributed by atoms with E-state index in [1.165, 1.54) is 0 Å². The van der Waals surface area contributed by atoms with Crippen LogP contribution in [0.15, 0.2) is 36.5 Å². The molecule has 23 heavy (non-hydrogen) atoms. The number of carbonyl (C=O) groups is 2. The molecular weight excluding hydrogens is 301 g/mol. The fourth-order valence-electron chi connectivity index (χ4n) is 2.28. The summed E-state index contributed by atoms with van der Waals surface area (Å²) >= 11 is 0. The van der Waals surface area contributed by atoms with E-state index in [1.807, 2.05) is 23.5 Å². The zero-order valence-corrected chi connectivity index (χ0v) is 11.7. The van der Waals surface area contributed by atoms with E-state index in [0.717, 1.165) is 11.8 Å². The molecule has 1 aromatic heterocycles. The molecule has 1 atom stereocenters. The lowest BCUT2D eigenvalue weighted by Gasteiger charge is -2.20. The minimum absolute atomic E-state index is 0.0703. The lowest BCUT2D eigenvalue weighted by atomic mass is 9.91. The van der Waals surface area contributed by atoms with Gasteiger partial charge in [-0.25, -0.2) is 9.37 Å². The summed E-state index contributed by atoms with van der Waals surface area (Å²) < 4.78 is 19.9. The van der Waals surface area contributed by atoms with E-state index in [4.69, 9.17) is 10.00 Å². The highest BCUT2D eigenvalue weighted by Crippen LogP contribution is 2.31. The Bertz CT molecular complexity index is 830. The fourth-order valence-corrected chi connectivity index (χ4v) is 2.28. The van der Waals surface area contributed by atoms with E-state index in [1.54, 1.807) is 18.2 Å². The van der Waals surface area contributed by atoms with E-state index in [0.29, 0.717) is 0 Å². The van der Waals surface area contributed by atoms with E-state index in [9.17, 15) is 14.0 Å². The first kappa shape index (κ1) is 14.7. The number of aromatic nitrogens is 1. The topological polar surface area (TPSA) is 92.1 Å². The summed E-state index contributed by atoms with van der Waals surface area (Å²) in [5.74, 6) is -4.37. The van der Waals surface area contributed by atoms with Crippen molar-refractivity contribution < 1.29 is 18.7 Å². The van der Waals surface area contributed by atoms with Crippen LogP contribution < -0.4 is 10.1 Å². The van der Waals surface area contributed by atoms with Gasteiger partial charge in [0.25, 0.3) is 11.8 Å². The van der Waals surface area contributed by atoms with Crippen LogP contribution in [0.4, 0.5) is 4.39 Å². The Balaban J connectivity index is 1.95. The number of pyridine rings is 1. The van der Waals surface area contributed by atoms with Crippen LogP contribution >= 0.6 is 0 Å². The maximum atomic E-state index is 14.6. The molecule has 1 unspecified atom stereocenters. The van der Waals surface area contributed by atoms with Gasteiger partial charge in [-0.2, -0.15) is 5.26 Å². The Hall–Kier alpha value is -3.27. The van der Waals surface area contributed by atoms with Gasteiger partial charge in [-0.15, -0.1) is 0 Å². The molecule has 114 valence electrons. The SMILES string of the molecule is N#CC1C(=O)NC(=O)c2cnc(OCc3ccccc3)c(F)c21. The van der Waals surface area contributed by atoms with Crippen LogP contribution in [-0.4, -0.2) is 16.8 Å². The largest absolute Gasteiger partial charge is 0.471 e. The Morgan fingerprint density at radius 1 is 1.30 bits per heavy atom. The molecule has 0 fully saturated rings. The van der Waals surface area contributed by atoms with Gasteiger partial charge in [0.05, 0.1) is 11.6 Å². The molecule has 1 aromatic carbocycles. The number of nitrogens with one attached hydrogen (secondary N) is 1. The van der Waals surface area contributed by atoms with Crippen LogP contribution in [-0.2, 0) is 11.4 Å². The van der Waals surface area contributed by atoms with Crippen molar-refractivity contribution in [3.8, 4) is 11.9 Å². The van der Waals surface area contributed by atoms with E-state index in [-0.39, 0.29) is 23.6 Å². The summed E-state index contributed by atoms with van der Waals surface area (Å²) in [6.07, 6.45) is 1.10. The third kappa shape index (κ3) is 2.62. The number of halogens is 1. The number of ether oxygens (including phenoxy) is 1. The van der Waals surface area contributed by atoms with Gasteiger partial charge in [-0.1, -0.05) is 30.3 Å². The highest BCUT2D eigenvalue weighted by Gasteiger charge is 2.37. The Labute approximate surface area is 130 Å². The highest BCUT2D eigenvalue weighted by molar-refractivity contribution is 6.12. The number of hydrogen-bond donors (Lipinski definition) is 1. The summed E-state index contributed by atoms with van der Waals surface area (Å²) in [6.45, 7) is 0.0703. The third-order valence-corrected chi connectivity index (χ3v) is 3.41. The van der Waals surface area contributed by atoms with Gasteiger partial charge >= 0.3 is 0 Å². The number of carbonyl (C=O) groups excluding carboxylic acids is 2. The van der Waals surface area contributed by atoms with Crippen molar-refractivity contribution in [2.75, 3.05) is 0 Å². The first-order chi connectivity index (χ1) is 11.1. The predicted molar refractivity (Wildman–Crippen MR) is 75.8 cm³/mol. The van der Waals surface area contributed by atoms with Gasteiger partial charge in [0, 0.05) is 11.8 Å². The van der Waals surface area contributed by atoms with Gasteiger partial charge in [-0.3, -0.25) is 14.9 Å². The molecule has 0 spiro atoms. The van der Waals surface area contributed by atoms with Crippen LogP contribution in [0.2, 0.25) is 0 Å². The van der Waals surface area contributed by atoms with Crippen LogP contribution in [0.3, 0.4) is 0 Å². The molecule has 7 heteroatoms. The van der Waals surface area contributed by atoms with Crippen molar-refractivity contribution in [2.45, 2.75) is 12.5 Å². The van der Waals surface area contributed by atoms with Crippen molar-refractivity contribution >= 4 is 11.8 Å². The summed E-state index contributed by atoms with van der Waals surface area (Å²) in [7, 11) is 0. The molecule has 1 N–H and O–H groups in total. The smallest absolute Gasteiger partial charge is 0.259 e. The third-order valence-electron chi connectivity index (χ3n) is 3.41.